The molecule has 0 radical (unpaired) electrons. The molecule has 1 aromatic rings. The van der Waals surface area contributed by atoms with Crippen LogP contribution in [0.3, 0.4) is 0 Å². The summed E-state index contributed by atoms with van der Waals surface area (Å²) < 4.78 is 14.0. The third kappa shape index (κ3) is 3.83. The number of rotatable bonds is 5. The fourth-order valence-electron chi connectivity index (χ4n) is 1.94. The number of aromatic nitrogens is 1. The van der Waals surface area contributed by atoms with Gasteiger partial charge in [-0.15, -0.1) is 0 Å². The van der Waals surface area contributed by atoms with Gasteiger partial charge in [-0.1, -0.05) is 22.9 Å². The molecule has 4 nitrogen and oxygen atoms in total. The number of thiazole rings is 1. The van der Waals surface area contributed by atoms with E-state index < -0.39 is 0 Å². The molecule has 22 heavy (non-hydrogen) atoms. The molecule has 0 aromatic carbocycles. The first-order valence-electron chi connectivity index (χ1n) is 6.63. The van der Waals surface area contributed by atoms with Crippen LogP contribution in [0.2, 0.25) is 5.15 Å². The van der Waals surface area contributed by atoms with Crippen LogP contribution in [0, 0.1) is 0 Å². The molecular weight excluding hydrogens is 345 g/mol. The predicted molar refractivity (Wildman–Crippen MR) is 93.3 cm³/mol. The van der Waals surface area contributed by atoms with Gasteiger partial charge in [0, 0.05) is 44.6 Å². The summed E-state index contributed by atoms with van der Waals surface area (Å²) in [4.78, 5) is 19.7. The summed E-state index contributed by atoms with van der Waals surface area (Å²) in [5, 5.41) is 1.30. The van der Waals surface area contributed by atoms with Gasteiger partial charge in [0.25, 0.3) is 0 Å². The van der Waals surface area contributed by atoms with Crippen molar-refractivity contribution in [1.82, 2.24) is 9.88 Å². The molecule has 0 atom stereocenters. The lowest BCUT2D eigenvalue weighted by molar-refractivity contribution is -0.117. The number of hydrogen-bond acceptors (Lipinski definition) is 5. The van der Waals surface area contributed by atoms with E-state index in [1.807, 2.05) is 18.2 Å². The molecular formula is C14H17ClFN3OS2. The number of amides is 1. The van der Waals surface area contributed by atoms with Gasteiger partial charge < -0.3 is 9.80 Å². The molecule has 1 aliphatic rings. The third-order valence-electron chi connectivity index (χ3n) is 3.20. The Kier molecular flexibility index (Phi) is 5.88. The van der Waals surface area contributed by atoms with Gasteiger partial charge in [0.05, 0.1) is 0 Å². The highest BCUT2D eigenvalue weighted by Gasteiger charge is 2.23. The number of halogens is 2. The van der Waals surface area contributed by atoms with E-state index in [0.29, 0.717) is 28.5 Å². The highest BCUT2D eigenvalue weighted by molar-refractivity contribution is 7.98. The second-order valence-corrected chi connectivity index (χ2v) is 7.19. The van der Waals surface area contributed by atoms with E-state index in [4.69, 9.17) is 11.6 Å². The van der Waals surface area contributed by atoms with Gasteiger partial charge in [0.15, 0.2) is 5.15 Å². The molecule has 0 N–H and O–H groups in total. The smallest absolute Gasteiger partial charge is 0.228 e. The zero-order valence-corrected chi connectivity index (χ0v) is 15.0. The van der Waals surface area contributed by atoms with Gasteiger partial charge >= 0.3 is 0 Å². The molecule has 2 rings (SSSR count). The zero-order chi connectivity index (χ0) is 16.3. The molecule has 120 valence electrons. The Balaban J connectivity index is 2.25. The molecule has 0 saturated heterocycles. The first-order valence-corrected chi connectivity index (χ1v) is 9.22. The maximum absolute atomic E-state index is 14.0. The molecule has 0 bridgehead atoms. The molecule has 0 unspecified atom stereocenters. The monoisotopic (exact) mass is 361 g/mol. The summed E-state index contributed by atoms with van der Waals surface area (Å²) in [6.45, 7) is 0.426. The summed E-state index contributed by atoms with van der Waals surface area (Å²) in [7, 11) is 3.53. The third-order valence-corrected chi connectivity index (χ3v) is 5.38. The number of thioether (sulfide) groups is 1. The van der Waals surface area contributed by atoms with Crippen molar-refractivity contribution in [3.8, 4) is 0 Å². The SMILES string of the molecule is CSCCC(=O)N(C)c1sc(C2=C(F)C=CN(C)C2)nc1Cl. The molecule has 0 aliphatic carbocycles. The van der Waals surface area contributed by atoms with Crippen molar-refractivity contribution >= 4 is 51.2 Å². The average Bonchev–Trinajstić information content (AvgIpc) is 2.88. The maximum atomic E-state index is 14.0. The number of anilines is 1. The minimum atomic E-state index is -0.313. The molecule has 0 fully saturated rings. The van der Waals surface area contributed by atoms with Crippen LogP contribution in [0.5, 0.6) is 0 Å². The fourth-order valence-corrected chi connectivity index (χ4v) is 3.67. The van der Waals surface area contributed by atoms with E-state index in [9.17, 15) is 9.18 Å². The summed E-state index contributed by atoms with van der Waals surface area (Å²) in [5.41, 5.74) is 0.494. The number of carbonyl (C=O) groups excluding carboxylic acids is 1. The molecule has 0 spiro atoms. The summed E-state index contributed by atoms with van der Waals surface area (Å²) >= 11 is 9.00. The molecule has 1 aliphatic heterocycles. The first kappa shape index (κ1) is 17.3. The van der Waals surface area contributed by atoms with Crippen molar-refractivity contribution in [2.24, 2.45) is 0 Å². The van der Waals surface area contributed by atoms with Crippen LogP contribution in [0.4, 0.5) is 9.39 Å². The Labute approximate surface area is 142 Å². The second kappa shape index (κ2) is 7.48. The van der Waals surface area contributed by atoms with E-state index >= 15 is 0 Å². The van der Waals surface area contributed by atoms with Crippen molar-refractivity contribution in [3.05, 3.63) is 28.3 Å². The van der Waals surface area contributed by atoms with Gasteiger partial charge in [-0.2, -0.15) is 11.8 Å². The predicted octanol–water partition coefficient (Wildman–Crippen LogP) is 3.65. The lowest BCUT2D eigenvalue weighted by atomic mass is 10.2. The van der Waals surface area contributed by atoms with E-state index in [1.165, 1.54) is 22.3 Å². The van der Waals surface area contributed by atoms with E-state index in [2.05, 4.69) is 4.98 Å². The lowest BCUT2D eigenvalue weighted by Crippen LogP contribution is -2.25. The van der Waals surface area contributed by atoms with Crippen molar-refractivity contribution < 1.29 is 9.18 Å². The van der Waals surface area contributed by atoms with Crippen molar-refractivity contribution in [3.63, 3.8) is 0 Å². The zero-order valence-electron chi connectivity index (χ0n) is 12.6. The van der Waals surface area contributed by atoms with Crippen LogP contribution in [0.25, 0.3) is 5.57 Å². The first-order chi connectivity index (χ1) is 10.4. The minimum absolute atomic E-state index is 0.0263. The number of allylic oxidation sites excluding steroid dienone is 2. The summed E-state index contributed by atoms with van der Waals surface area (Å²) in [5.74, 6) is 0.412. The Morgan fingerprint density at radius 1 is 1.64 bits per heavy atom. The van der Waals surface area contributed by atoms with Gasteiger partial charge in [0.1, 0.15) is 15.8 Å². The van der Waals surface area contributed by atoms with Gasteiger partial charge in [0.2, 0.25) is 5.91 Å². The van der Waals surface area contributed by atoms with Crippen molar-refractivity contribution in [2.75, 3.05) is 37.5 Å². The van der Waals surface area contributed by atoms with Gasteiger partial charge in [-0.05, 0) is 12.3 Å². The summed E-state index contributed by atoms with van der Waals surface area (Å²) in [6, 6.07) is 0. The molecule has 1 amide bonds. The van der Waals surface area contributed by atoms with Crippen LogP contribution in [-0.2, 0) is 4.79 Å². The quantitative estimate of drug-likeness (QED) is 0.802. The Hall–Kier alpha value is -1.05. The fraction of sp³-hybridized carbons (Fsp3) is 0.429. The largest absolute Gasteiger partial charge is 0.376 e. The minimum Gasteiger partial charge on any atom is -0.376 e. The average molecular weight is 362 g/mol. The molecule has 1 aromatic heterocycles. The van der Waals surface area contributed by atoms with Gasteiger partial charge in [-0.3, -0.25) is 4.79 Å². The summed E-state index contributed by atoms with van der Waals surface area (Å²) in [6.07, 6.45) is 5.46. The number of likely N-dealkylation sites (N-methyl/N-ethyl adjacent to an activating group) is 1. The number of hydrogen-bond donors (Lipinski definition) is 0. The Morgan fingerprint density at radius 3 is 3.05 bits per heavy atom. The number of carbonyl (C=O) groups is 1. The molecule has 8 heteroatoms. The Bertz CT molecular complexity index is 630. The van der Waals surface area contributed by atoms with Crippen LogP contribution < -0.4 is 4.90 Å². The highest BCUT2D eigenvalue weighted by Crippen LogP contribution is 2.37. The standard InChI is InChI=1S/C14H17ClFN3OS2/c1-18-6-4-10(16)9(8-18)13-17-12(15)14(22-13)19(2)11(20)5-7-21-3/h4,6H,5,7-8H2,1-3H3. The van der Waals surface area contributed by atoms with Crippen LogP contribution in [0.1, 0.15) is 11.4 Å². The Morgan fingerprint density at radius 2 is 2.36 bits per heavy atom. The van der Waals surface area contributed by atoms with E-state index in [0.717, 1.165) is 5.75 Å². The van der Waals surface area contributed by atoms with E-state index in [1.54, 1.807) is 25.0 Å². The molecule has 0 saturated carbocycles. The number of nitrogens with zero attached hydrogens (tertiary/aromatic N) is 3. The molecule has 2 heterocycles. The van der Waals surface area contributed by atoms with Crippen molar-refractivity contribution in [1.29, 1.82) is 0 Å². The van der Waals surface area contributed by atoms with Crippen LogP contribution in [0.15, 0.2) is 18.1 Å². The lowest BCUT2D eigenvalue weighted by Gasteiger charge is -2.19. The second-order valence-electron chi connectivity index (χ2n) is 4.87. The highest BCUT2D eigenvalue weighted by atomic mass is 35.5. The normalized spacial score (nSPS) is 14.7. The van der Waals surface area contributed by atoms with Crippen LogP contribution >= 0.6 is 34.7 Å². The topological polar surface area (TPSA) is 36.4 Å². The van der Waals surface area contributed by atoms with E-state index in [-0.39, 0.29) is 16.9 Å². The van der Waals surface area contributed by atoms with Gasteiger partial charge in [-0.25, -0.2) is 9.37 Å². The van der Waals surface area contributed by atoms with Crippen LogP contribution in [-0.4, -0.2) is 48.4 Å². The maximum Gasteiger partial charge on any atom is 0.228 e. The van der Waals surface area contributed by atoms with Crippen molar-refractivity contribution in [2.45, 2.75) is 6.42 Å².